The van der Waals surface area contributed by atoms with E-state index >= 15 is 0 Å². The van der Waals surface area contributed by atoms with Crippen molar-refractivity contribution in [2.45, 2.75) is 50.3 Å². The number of carbonyl (C=O) groups is 3. The predicted molar refractivity (Wildman–Crippen MR) is 140 cm³/mol. The van der Waals surface area contributed by atoms with Gasteiger partial charge >= 0.3 is 13.6 Å². The fourth-order valence-electron chi connectivity index (χ4n) is 4.46. The number of aliphatic hydroxyl groups is 1. The second-order valence-electron chi connectivity index (χ2n) is 8.65. The minimum atomic E-state index is -4.54. The summed E-state index contributed by atoms with van der Waals surface area (Å²) in [7, 11) is -4.54. The highest BCUT2D eigenvalue weighted by molar-refractivity contribution is 7.55. The number of aliphatic hydroxyl groups excluding tert-OH is 1. The van der Waals surface area contributed by atoms with Crippen LogP contribution in [-0.4, -0.2) is 65.4 Å². The van der Waals surface area contributed by atoms with E-state index in [1.807, 2.05) is 0 Å². The molecule has 4 atom stereocenters. The number of Topliss-reactive ketones (excluding diaryl/α,β-unsaturated/α-hetero) is 1. The second-order valence-corrected chi connectivity index (χ2v) is 10.7. The molecule has 1 fully saturated rings. The molecular formula is C26H31N4O8P. The first kappa shape index (κ1) is 30.0. The summed E-state index contributed by atoms with van der Waals surface area (Å²) in [6, 6.07) is 15.6. The van der Waals surface area contributed by atoms with Gasteiger partial charge in [0.05, 0.1) is 19.3 Å². The van der Waals surface area contributed by atoms with Crippen molar-refractivity contribution >= 4 is 25.3 Å². The third kappa shape index (κ3) is 6.92. The molecule has 39 heavy (non-hydrogen) atoms. The van der Waals surface area contributed by atoms with Crippen molar-refractivity contribution in [3.05, 3.63) is 82.2 Å². The SMILES string of the molecule is CCOC(=O)C(C(c1ccccc1)c1ccccc1)P(=O)(OCC)ON1C(=O)C(N=[N+]=[N-])C1CCC(=O)CO. The number of rotatable bonds is 15. The summed E-state index contributed by atoms with van der Waals surface area (Å²) in [4.78, 5) is 40.8. The number of ketones is 1. The van der Waals surface area contributed by atoms with Gasteiger partial charge in [0.15, 0.2) is 11.4 Å². The number of nitrogens with zero attached hydrogens (tertiary/aromatic N) is 4. The number of benzene rings is 2. The number of amides is 1. The Kier molecular flexibility index (Phi) is 10.8. The summed E-state index contributed by atoms with van der Waals surface area (Å²) in [6.07, 6.45) is -0.186. The number of esters is 1. The monoisotopic (exact) mass is 558 g/mol. The number of hydrogen-bond donors (Lipinski definition) is 1. The first-order valence-corrected chi connectivity index (χ1v) is 14.1. The van der Waals surface area contributed by atoms with Crippen molar-refractivity contribution in [1.82, 2.24) is 5.06 Å². The first-order chi connectivity index (χ1) is 18.8. The summed E-state index contributed by atoms with van der Waals surface area (Å²) in [5, 5.41) is 13.3. The summed E-state index contributed by atoms with van der Waals surface area (Å²) >= 11 is 0. The number of carbonyl (C=O) groups excluding carboxylic acids is 3. The van der Waals surface area contributed by atoms with Crippen LogP contribution in [0, 0.1) is 0 Å². The normalized spacial score (nSPS) is 19.0. The quantitative estimate of drug-likeness (QED) is 0.0849. The van der Waals surface area contributed by atoms with E-state index in [2.05, 4.69) is 10.0 Å². The van der Waals surface area contributed by atoms with Crippen LogP contribution in [0.2, 0.25) is 0 Å². The molecule has 2 aromatic rings. The molecule has 2 aromatic carbocycles. The first-order valence-electron chi connectivity index (χ1n) is 12.5. The molecule has 12 nitrogen and oxygen atoms in total. The van der Waals surface area contributed by atoms with Crippen molar-refractivity contribution in [2.24, 2.45) is 5.11 Å². The molecule has 1 aliphatic heterocycles. The van der Waals surface area contributed by atoms with Crippen LogP contribution in [0.4, 0.5) is 0 Å². The van der Waals surface area contributed by atoms with Crippen LogP contribution in [0.15, 0.2) is 65.8 Å². The van der Waals surface area contributed by atoms with Gasteiger partial charge < -0.3 is 14.4 Å². The van der Waals surface area contributed by atoms with Gasteiger partial charge in [0.2, 0.25) is 0 Å². The van der Waals surface area contributed by atoms with Gasteiger partial charge in [-0.3, -0.25) is 18.9 Å². The van der Waals surface area contributed by atoms with Gasteiger partial charge in [-0.15, -0.1) is 0 Å². The van der Waals surface area contributed by atoms with Gasteiger partial charge in [-0.05, 0) is 36.9 Å². The second kappa shape index (κ2) is 14.0. The maximum Gasteiger partial charge on any atom is 0.367 e. The average molecular weight is 559 g/mol. The number of azide groups is 1. The Hall–Kier alpha value is -3.53. The van der Waals surface area contributed by atoms with Crippen molar-refractivity contribution in [2.75, 3.05) is 19.8 Å². The van der Waals surface area contributed by atoms with E-state index in [9.17, 15) is 18.9 Å². The van der Waals surface area contributed by atoms with Gasteiger partial charge in [0.25, 0.3) is 5.91 Å². The molecule has 0 aliphatic carbocycles. The molecule has 3 rings (SSSR count). The molecule has 0 aromatic heterocycles. The Morgan fingerprint density at radius 3 is 2.15 bits per heavy atom. The minimum absolute atomic E-state index is 0.00867. The lowest BCUT2D eigenvalue weighted by Gasteiger charge is -2.45. The Labute approximate surface area is 226 Å². The summed E-state index contributed by atoms with van der Waals surface area (Å²) < 4.78 is 31.4. The molecule has 1 amide bonds. The Bertz CT molecular complexity index is 1200. The molecule has 4 unspecified atom stereocenters. The lowest BCUT2D eigenvalue weighted by atomic mass is 9.88. The molecule has 0 saturated carbocycles. The van der Waals surface area contributed by atoms with Gasteiger partial charge in [-0.1, -0.05) is 65.8 Å². The smallest absolute Gasteiger partial charge is 0.367 e. The van der Waals surface area contributed by atoms with E-state index in [0.717, 1.165) is 5.06 Å². The fraction of sp³-hybridized carbons (Fsp3) is 0.423. The zero-order valence-electron chi connectivity index (χ0n) is 21.7. The zero-order valence-corrected chi connectivity index (χ0v) is 22.6. The zero-order chi connectivity index (χ0) is 28.4. The van der Waals surface area contributed by atoms with E-state index < -0.39 is 55.5 Å². The Morgan fingerprint density at radius 2 is 1.67 bits per heavy atom. The highest BCUT2D eigenvalue weighted by atomic mass is 31.2. The molecule has 0 spiro atoms. The van der Waals surface area contributed by atoms with Crippen LogP contribution in [0.3, 0.4) is 0 Å². The highest BCUT2D eigenvalue weighted by Crippen LogP contribution is 2.60. The topological polar surface area (TPSA) is 168 Å². The summed E-state index contributed by atoms with van der Waals surface area (Å²) in [5.41, 5.74) is 8.66. The summed E-state index contributed by atoms with van der Waals surface area (Å²) in [5.74, 6) is -2.99. The Balaban J connectivity index is 2.10. The van der Waals surface area contributed by atoms with Crippen LogP contribution in [0.25, 0.3) is 10.4 Å². The number of hydrogen-bond acceptors (Lipinski definition) is 9. The van der Waals surface area contributed by atoms with Crippen LogP contribution >= 0.6 is 7.60 Å². The number of hydroxylamine groups is 2. The van der Waals surface area contributed by atoms with Gasteiger partial charge in [0.1, 0.15) is 12.6 Å². The fourth-order valence-corrected chi connectivity index (χ4v) is 6.62. The highest BCUT2D eigenvalue weighted by Gasteiger charge is 2.56. The van der Waals surface area contributed by atoms with Crippen molar-refractivity contribution < 1.29 is 37.9 Å². The van der Waals surface area contributed by atoms with Crippen LogP contribution in [0.1, 0.15) is 43.7 Å². The van der Waals surface area contributed by atoms with Crippen molar-refractivity contribution in [3.8, 4) is 0 Å². The summed E-state index contributed by atoms with van der Waals surface area (Å²) in [6.45, 7) is 2.34. The molecule has 0 bridgehead atoms. The molecule has 1 aliphatic rings. The van der Waals surface area contributed by atoms with Crippen molar-refractivity contribution in [1.29, 1.82) is 0 Å². The maximum absolute atomic E-state index is 14.6. The van der Waals surface area contributed by atoms with Gasteiger partial charge in [0, 0.05) is 17.3 Å². The largest absolute Gasteiger partial charge is 0.465 e. The molecule has 1 saturated heterocycles. The molecule has 1 N–H and O–H groups in total. The lowest BCUT2D eigenvalue weighted by molar-refractivity contribution is -0.199. The van der Waals surface area contributed by atoms with Crippen LogP contribution in [-0.2, 0) is 32.8 Å². The van der Waals surface area contributed by atoms with E-state index in [1.54, 1.807) is 74.5 Å². The number of β-lactam (4-membered cyclic amide) rings is 1. The van der Waals surface area contributed by atoms with E-state index in [-0.39, 0.29) is 26.1 Å². The van der Waals surface area contributed by atoms with E-state index in [4.69, 9.17) is 24.5 Å². The van der Waals surface area contributed by atoms with Crippen molar-refractivity contribution in [3.63, 3.8) is 0 Å². The van der Waals surface area contributed by atoms with E-state index in [1.165, 1.54) is 0 Å². The third-order valence-electron chi connectivity index (χ3n) is 6.22. The molecule has 13 heteroatoms. The molecule has 1 heterocycles. The van der Waals surface area contributed by atoms with Crippen LogP contribution in [0.5, 0.6) is 0 Å². The van der Waals surface area contributed by atoms with E-state index in [0.29, 0.717) is 11.1 Å². The van der Waals surface area contributed by atoms with Gasteiger partial charge in [-0.2, -0.15) is 4.62 Å². The third-order valence-corrected chi connectivity index (χ3v) is 8.43. The minimum Gasteiger partial charge on any atom is -0.465 e. The number of ether oxygens (including phenoxy) is 1. The lowest BCUT2D eigenvalue weighted by Crippen LogP contribution is -2.63. The molecule has 208 valence electrons. The predicted octanol–water partition coefficient (Wildman–Crippen LogP) is 4.14. The Morgan fingerprint density at radius 1 is 1.08 bits per heavy atom. The standard InChI is InChI=1S/C26H31N4O8P/c1-3-36-26(34)24(22(18-11-7-5-8-12-18)19-13-9-6-10-14-19)39(35,37-4-2)38-30-21(16-15-20(32)17-31)23(25(30)33)28-29-27/h5-14,21-24,31H,3-4,15-17H2,1-2H3. The maximum atomic E-state index is 14.6. The van der Waals surface area contributed by atoms with Gasteiger partial charge in [-0.25, -0.2) is 5.06 Å². The molecule has 0 radical (unpaired) electrons. The molecular weight excluding hydrogens is 527 g/mol. The van der Waals surface area contributed by atoms with Crippen LogP contribution < -0.4 is 0 Å². The average Bonchev–Trinajstić information content (AvgIpc) is 2.95.